The number of carbonyl (C=O) groups is 2. The summed E-state index contributed by atoms with van der Waals surface area (Å²) >= 11 is 0. The van der Waals surface area contributed by atoms with E-state index in [9.17, 15) is 9.59 Å². The van der Waals surface area contributed by atoms with Crippen LogP contribution in [-0.2, 0) is 9.53 Å². The first-order valence-corrected chi connectivity index (χ1v) is 6.24. The van der Waals surface area contributed by atoms with Crippen molar-refractivity contribution in [1.29, 1.82) is 0 Å². The summed E-state index contributed by atoms with van der Waals surface area (Å²) in [4.78, 5) is 28.3. The first-order valence-electron chi connectivity index (χ1n) is 6.24. The monoisotopic (exact) mass is 279 g/mol. The summed E-state index contributed by atoms with van der Waals surface area (Å²) < 4.78 is 5.19. The Kier molecular flexibility index (Phi) is 4.19. The molecule has 1 saturated heterocycles. The van der Waals surface area contributed by atoms with E-state index in [1.165, 1.54) is 11.1 Å². The van der Waals surface area contributed by atoms with Gasteiger partial charge in [-0.05, 0) is 12.1 Å². The molecule has 0 saturated carbocycles. The Labute approximate surface area is 116 Å². The molecule has 0 aliphatic carbocycles. The number of hydrogen-bond donors (Lipinski definition) is 2. The molecule has 1 aliphatic heterocycles. The zero-order valence-corrected chi connectivity index (χ0v) is 11.4. The number of rotatable bonds is 4. The number of aliphatic carboxylic acids is 1. The SMILES string of the molecule is CN(C)C(=O)c1cc(NC2COCC2C(=O)O)ccn1. The van der Waals surface area contributed by atoms with Gasteiger partial charge in [0.15, 0.2) is 0 Å². The van der Waals surface area contributed by atoms with Crippen LogP contribution in [-0.4, -0.2) is 60.2 Å². The maximum absolute atomic E-state index is 11.8. The molecule has 2 heterocycles. The highest BCUT2D eigenvalue weighted by Gasteiger charge is 2.34. The zero-order chi connectivity index (χ0) is 14.7. The number of pyridine rings is 1. The quantitative estimate of drug-likeness (QED) is 0.823. The third kappa shape index (κ3) is 3.05. The number of carboxylic acids is 1. The topological polar surface area (TPSA) is 91.8 Å². The van der Waals surface area contributed by atoms with Gasteiger partial charge in [-0.3, -0.25) is 14.6 Å². The Morgan fingerprint density at radius 3 is 2.85 bits per heavy atom. The highest BCUT2D eigenvalue weighted by Crippen LogP contribution is 2.19. The van der Waals surface area contributed by atoms with Gasteiger partial charge in [-0.1, -0.05) is 0 Å². The Hall–Kier alpha value is -2.15. The van der Waals surface area contributed by atoms with Crippen LogP contribution in [0.3, 0.4) is 0 Å². The highest BCUT2D eigenvalue weighted by atomic mass is 16.5. The lowest BCUT2D eigenvalue weighted by atomic mass is 10.0. The van der Waals surface area contributed by atoms with Crippen LogP contribution in [0.5, 0.6) is 0 Å². The summed E-state index contributed by atoms with van der Waals surface area (Å²) in [7, 11) is 3.30. The molecule has 2 rings (SSSR count). The molecule has 2 N–H and O–H groups in total. The Morgan fingerprint density at radius 1 is 1.45 bits per heavy atom. The maximum Gasteiger partial charge on any atom is 0.311 e. The fourth-order valence-electron chi connectivity index (χ4n) is 2.02. The smallest absolute Gasteiger partial charge is 0.311 e. The molecule has 7 heteroatoms. The minimum atomic E-state index is -0.890. The van der Waals surface area contributed by atoms with Crippen LogP contribution in [0.2, 0.25) is 0 Å². The summed E-state index contributed by atoms with van der Waals surface area (Å²) in [5, 5.41) is 12.2. The highest BCUT2D eigenvalue weighted by molar-refractivity contribution is 5.92. The van der Waals surface area contributed by atoms with E-state index in [1.807, 2.05) is 0 Å². The van der Waals surface area contributed by atoms with Gasteiger partial charge in [0, 0.05) is 26.0 Å². The Bertz CT molecular complexity index is 518. The van der Waals surface area contributed by atoms with Gasteiger partial charge in [0.25, 0.3) is 5.91 Å². The number of nitrogens with one attached hydrogen (secondary N) is 1. The van der Waals surface area contributed by atoms with Gasteiger partial charge >= 0.3 is 5.97 Å². The van der Waals surface area contributed by atoms with E-state index in [0.717, 1.165) is 0 Å². The largest absolute Gasteiger partial charge is 0.481 e. The van der Waals surface area contributed by atoms with Gasteiger partial charge in [-0.2, -0.15) is 0 Å². The number of amides is 1. The van der Waals surface area contributed by atoms with Gasteiger partial charge in [0.05, 0.1) is 19.3 Å². The van der Waals surface area contributed by atoms with E-state index >= 15 is 0 Å². The van der Waals surface area contributed by atoms with Crippen molar-refractivity contribution < 1.29 is 19.4 Å². The minimum absolute atomic E-state index is 0.196. The van der Waals surface area contributed by atoms with Crippen LogP contribution in [0.4, 0.5) is 5.69 Å². The van der Waals surface area contributed by atoms with Crippen LogP contribution in [0.15, 0.2) is 18.3 Å². The summed E-state index contributed by atoms with van der Waals surface area (Å²) in [6, 6.07) is 3.00. The molecule has 2 atom stereocenters. The predicted octanol–water partition coefficient (Wildman–Crippen LogP) is 0.295. The van der Waals surface area contributed by atoms with Gasteiger partial charge in [-0.25, -0.2) is 0 Å². The molecule has 0 aromatic carbocycles. The normalized spacial score (nSPS) is 21.5. The summed E-state index contributed by atoms with van der Waals surface area (Å²) in [6.07, 6.45) is 1.52. The summed E-state index contributed by atoms with van der Waals surface area (Å²) in [6.45, 7) is 0.526. The number of anilines is 1. The second-order valence-corrected chi connectivity index (χ2v) is 4.86. The van der Waals surface area contributed by atoms with Crippen LogP contribution < -0.4 is 5.32 Å². The lowest BCUT2D eigenvalue weighted by molar-refractivity contribution is -0.141. The van der Waals surface area contributed by atoms with E-state index in [2.05, 4.69) is 10.3 Å². The van der Waals surface area contributed by atoms with Crippen molar-refractivity contribution in [3.8, 4) is 0 Å². The Balaban J connectivity index is 2.12. The lowest BCUT2D eigenvalue weighted by Crippen LogP contribution is -2.33. The molecule has 108 valence electrons. The number of aromatic nitrogens is 1. The molecular formula is C13H17N3O4. The third-order valence-corrected chi connectivity index (χ3v) is 3.14. The molecule has 0 spiro atoms. The van der Waals surface area contributed by atoms with Crippen molar-refractivity contribution in [2.75, 3.05) is 32.6 Å². The molecule has 0 radical (unpaired) electrons. The maximum atomic E-state index is 11.8. The summed E-state index contributed by atoms with van der Waals surface area (Å²) in [5.41, 5.74) is 0.970. The molecule has 1 amide bonds. The van der Waals surface area contributed by atoms with E-state index in [-0.39, 0.29) is 18.6 Å². The molecule has 1 aromatic heterocycles. The van der Waals surface area contributed by atoms with Gasteiger partial charge in [0.2, 0.25) is 0 Å². The van der Waals surface area contributed by atoms with E-state index in [1.54, 1.807) is 26.2 Å². The average Bonchev–Trinajstić information content (AvgIpc) is 2.86. The zero-order valence-electron chi connectivity index (χ0n) is 11.4. The first-order chi connectivity index (χ1) is 9.49. The number of nitrogens with zero attached hydrogens (tertiary/aromatic N) is 2. The second kappa shape index (κ2) is 5.87. The summed E-state index contributed by atoms with van der Waals surface area (Å²) in [5.74, 6) is -1.68. The van der Waals surface area contributed by atoms with Crippen molar-refractivity contribution in [3.63, 3.8) is 0 Å². The van der Waals surface area contributed by atoms with Crippen molar-refractivity contribution in [1.82, 2.24) is 9.88 Å². The van der Waals surface area contributed by atoms with Gasteiger partial charge in [-0.15, -0.1) is 0 Å². The number of carbonyl (C=O) groups excluding carboxylic acids is 1. The number of ether oxygens (including phenoxy) is 1. The number of carboxylic acid groups (broad SMARTS) is 1. The van der Waals surface area contributed by atoms with E-state index < -0.39 is 11.9 Å². The van der Waals surface area contributed by atoms with Crippen LogP contribution in [0, 0.1) is 5.92 Å². The molecule has 20 heavy (non-hydrogen) atoms. The van der Waals surface area contributed by atoms with Crippen LogP contribution >= 0.6 is 0 Å². The molecule has 1 aliphatic rings. The second-order valence-electron chi connectivity index (χ2n) is 4.86. The minimum Gasteiger partial charge on any atom is -0.481 e. The molecule has 2 unspecified atom stereocenters. The van der Waals surface area contributed by atoms with Crippen molar-refractivity contribution in [2.24, 2.45) is 5.92 Å². The molecule has 1 aromatic rings. The Morgan fingerprint density at radius 2 is 2.20 bits per heavy atom. The van der Waals surface area contributed by atoms with Gasteiger partial charge in [0.1, 0.15) is 11.6 Å². The van der Waals surface area contributed by atoms with Crippen LogP contribution in [0.25, 0.3) is 0 Å². The van der Waals surface area contributed by atoms with Crippen molar-refractivity contribution in [3.05, 3.63) is 24.0 Å². The fraction of sp³-hybridized carbons (Fsp3) is 0.462. The molecular weight excluding hydrogens is 262 g/mol. The average molecular weight is 279 g/mol. The number of hydrogen-bond acceptors (Lipinski definition) is 5. The van der Waals surface area contributed by atoms with Crippen molar-refractivity contribution >= 4 is 17.6 Å². The molecule has 0 bridgehead atoms. The van der Waals surface area contributed by atoms with Crippen LogP contribution in [0.1, 0.15) is 10.5 Å². The predicted molar refractivity (Wildman–Crippen MR) is 71.6 cm³/mol. The van der Waals surface area contributed by atoms with E-state index in [4.69, 9.17) is 9.84 Å². The molecule has 1 fully saturated rings. The van der Waals surface area contributed by atoms with Crippen molar-refractivity contribution in [2.45, 2.75) is 6.04 Å². The van der Waals surface area contributed by atoms with Gasteiger partial charge < -0.3 is 20.1 Å². The fourth-order valence-corrected chi connectivity index (χ4v) is 2.02. The standard InChI is InChI=1S/C13H17N3O4/c1-16(2)12(17)10-5-8(3-4-14-10)15-11-7-20-6-9(11)13(18)19/h3-5,9,11H,6-7H2,1-2H3,(H,14,15)(H,18,19). The third-order valence-electron chi connectivity index (χ3n) is 3.14. The molecule has 7 nitrogen and oxygen atoms in total. The first kappa shape index (κ1) is 14.3. The lowest BCUT2D eigenvalue weighted by Gasteiger charge is -2.17. The van der Waals surface area contributed by atoms with E-state index in [0.29, 0.717) is 18.0 Å².